The van der Waals surface area contributed by atoms with Crippen LogP contribution in [0.3, 0.4) is 0 Å². The van der Waals surface area contributed by atoms with Crippen LogP contribution in [0.2, 0.25) is 0 Å². The summed E-state index contributed by atoms with van der Waals surface area (Å²) in [6, 6.07) is 0.0700. The van der Waals surface area contributed by atoms with Gasteiger partial charge in [-0.05, 0) is 0 Å². The minimum atomic E-state index is -0.721. The molecule has 0 aromatic rings. The molecule has 1 aliphatic heterocycles. The predicted molar refractivity (Wildman–Crippen MR) is 38.3 cm³/mol. The Bertz CT molecular complexity index is 113. The van der Waals surface area contributed by atoms with E-state index in [1.807, 2.05) is 7.85 Å². The number of hydrogen-bond donors (Lipinski definition) is 3. The van der Waals surface area contributed by atoms with Crippen molar-refractivity contribution in [3.8, 4) is 0 Å². The Balaban J connectivity index is 2.38. The maximum absolute atomic E-state index is 9.09. The van der Waals surface area contributed by atoms with Crippen LogP contribution in [0.25, 0.3) is 0 Å². The van der Waals surface area contributed by atoms with E-state index >= 15 is 0 Å². The van der Waals surface area contributed by atoms with Gasteiger partial charge < -0.3 is 14.9 Å². The van der Waals surface area contributed by atoms with Gasteiger partial charge in [-0.1, -0.05) is 0 Å². The molecule has 0 aromatic carbocycles. The zero-order valence-electron chi connectivity index (χ0n) is 5.95. The van der Waals surface area contributed by atoms with Gasteiger partial charge in [0, 0.05) is 12.5 Å². The average molecular weight is 145 g/mol. The fraction of sp³-hybridized carbons (Fsp3) is 1.00. The highest BCUT2D eigenvalue weighted by Gasteiger charge is 2.25. The Morgan fingerprint density at radius 1 is 1.70 bits per heavy atom. The van der Waals surface area contributed by atoms with E-state index in [2.05, 4.69) is 5.32 Å². The van der Waals surface area contributed by atoms with Crippen molar-refractivity contribution in [2.45, 2.75) is 18.3 Å². The molecule has 0 radical (unpaired) electrons. The Morgan fingerprint density at radius 3 is 2.90 bits per heavy atom. The van der Waals surface area contributed by atoms with Gasteiger partial charge in [0.05, 0.1) is 6.61 Å². The lowest BCUT2D eigenvalue weighted by atomic mass is 9.98. The van der Waals surface area contributed by atoms with Gasteiger partial charge in [-0.2, -0.15) is 0 Å². The van der Waals surface area contributed by atoms with Crippen LogP contribution in [0.5, 0.6) is 0 Å². The maximum Gasteiger partial charge on any atom is 0.140 e. The first kappa shape index (κ1) is 8.01. The highest BCUT2D eigenvalue weighted by atomic mass is 16.5. The number of rotatable bonds is 1. The summed E-state index contributed by atoms with van der Waals surface area (Å²) < 4.78 is 5.19. The third-order valence-corrected chi connectivity index (χ3v) is 1.55. The highest BCUT2D eigenvalue weighted by molar-refractivity contribution is 6.11. The van der Waals surface area contributed by atoms with Crippen LogP contribution in [0.15, 0.2) is 0 Å². The van der Waals surface area contributed by atoms with Gasteiger partial charge in [0.2, 0.25) is 0 Å². The molecule has 0 bridgehead atoms. The first-order chi connectivity index (χ1) is 4.74. The van der Waals surface area contributed by atoms with Gasteiger partial charge in [0.1, 0.15) is 20.2 Å². The Morgan fingerprint density at radius 2 is 2.40 bits per heavy atom. The van der Waals surface area contributed by atoms with Crippen LogP contribution in [0, 0.1) is 0 Å². The second-order valence-electron chi connectivity index (χ2n) is 2.52. The standard InChI is InChI=1S/C5H12BNO3/c6-4-1-7-5(9)3(2-8)10-4/h3-5,7-9H,1-2,6H2/t3-,4-,5?/m1/s1. The second-order valence-corrected chi connectivity index (χ2v) is 2.52. The van der Waals surface area contributed by atoms with Gasteiger partial charge >= 0.3 is 0 Å². The summed E-state index contributed by atoms with van der Waals surface area (Å²) in [4.78, 5) is 0. The number of aliphatic hydroxyl groups excluding tert-OH is 2. The molecular formula is C5H12BNO3. The lowest BCUT2D eigenvalue weighted by Crippen LogP contribution is -2.53. The van der Waals surface area contributed by atoms with E-state index in [0.29, 0.717) is 6.54 Å². The van der Waals surface area contributed by atoms with Gasteiger partial charge in [0.15, 0.2) is 0 Å². The lowest BCUT2D eigenvalue weighted by molar-refractivity contribution is -0.116. The van der Waals surface area contributed by atoms with E-state index < -0.39 is 12.3 Å². The van der Waals surface area contributed by atoms with E-state index in [1.54, 1.807) is 0 Å². The van der Waals surface area contributed by atoms with Gasteiger partial charge in [-0.25, -0.2) is 0 Å². The van der Waals surface area contributed by atoms with Gasteiger partial charge in [-0.15, -0.1) is 0 Å². The van der Waals surface area contributed by atoms with Crippen LogP contribution in [0.4, 0.5) is 0 Å². The molecule has 1 fully saturated rings. The van der Waals surface area contributed by atoms with Crippen molar-refractivity contribution in [3.63, 3.8) is 0 Å². The van der Waals surface area contributed by atoms with E-state index in [1.165, 1.54) is 0 Å². The van der Waals surface area contributed by atoms with Crippen LogP contribution < -0.4 is 5.32 Å². The van der Waals surface area contributed by atoms with E-state index in [4.69, 9.17) is 14.9 Å². The number of ether oxygens (including phenoxy) is 1. The highest BCUT2D eigenvalue weighted by Crippen LogP contribution is 2.04. The van der Waals surface area contributed by atoms with Crippen molar-refractivity contribution in [2.24, 2.45) is 0 Å². The summed E-state index contributed by atoms with van der Waals surface area (Å²) in [6.07, 6.45) is -1.19. The zero-order chi connectivity index (χ0) is 7.56. The van der Waals surface area contributed by atoms with Crippen LogP contribution >= 0.6 is 0 Å². The van der Waals surface area contributed by atoms with Crippen LogP contribution in [-0.2, 0) is 4.74 Å². The van der Waals surface area contributed by atoms with Gasteiger partial charge in [0.25, 0.3) is 0 Å². The van der Waals surface area contributed by atoms with E-state index in [9.17, 15) is 0 Å². The molecule has 4 nitrogen and oxygen atoms in total. The molecule has 1 unspecified atom stereocenters. The fourth-order valence-electron chi connectivity index (χ4n) is 0.982. The summed E-state index contributed by atoms with van der Waals surface area (Å²) in [7, 11) is 1.89. The lowest BCUT2D eigenvalue weighted by Gasteiger charge is -2.32. The molecule has 1 saturated heterocycles. The molecule has 1 rings (SSSR count). The molecule has 3 atom stereocenters. The Kier molecular flexibility index (Phi) is 2.68. The molecule has 0 saturated carbocycles. The summed E-state index contributed by atoms with van der Waals surface area (Å²) in [6.45, 7) is 0.496. The van der Waals surface area contributed by atoms with Crippen LogP contribution in [-0.4, -0.2) is 49.5 Å². The predicted octanol–water partition coefficient (Wildman–Crippen LogP) is -2.76. The summed E-state index contributed by atoms with van der Waals surface area (Å²) in [5.74, 6) is 0. The topological polar surface area (TPSA) is 61.7 Å². The van der Waals surface area contributed by atoms with Crippen molar-refractivity contribution < 1.29 is 14.9 Å². The first-order valence-corrected chi connectivity index (χ1v) is 3.42. The summed E-state index contributed by atoms with van der Waals surface area (Å²) in [5, 5.41) is 20.5. The minimum absolute atomic E-state index is 0.0700. The van der Waals surface area contributed by atoms with Crippen molar-refractivity contribution in [1.82, 2.24) is 5.32 Å². The monoisotopic (exact) mass is 145 g/mol. The summed E-state index contributed by atoms with van der Waals surface area (Å²) in [5.41, 5.74) is 0. The molecular weight excluding hydrogens is 133 g/mol. The molecule has 1 heterocycles. The molecule has 0 amide bonds. The maximum atomic E-state index is 9.09. The normalized spacial score (nSPS) is 41.6. The molecule has 1 aliphatic rings. The fourth-order valence-corrected chi connectivity index (χ4v) is 0.982. The SMILES string of the molecule is B[C@H]1CNC(O)[C@@H](CO)O1. The zero-order valence-corrected chi connectivity index (χ0v) is 5.95. The third-order valence-electron chi connectivity index (χ3n) is 1.55. The molecule has 0 aliphatic carbocycles. The van der Waals surface area contributed by atoms with E-state index in [0.717, 1.165) is 0 Å². The van der Waals surface area contributed by atoms with E-state index in [-0.39, 0.29) is 12.6 Å². The van der Waals surface area contributed by atoms with Crippen molar-refractivity contribution in [3.05, 3.63) is 0 Å². The van der Waals surface area contributed by atoms with Crippen molar-refractivity contribution in [1.29, 1.82) is 0 Å². The molecule has 10 heavy (non-hydrogen) atoms. The number of aliphatic hydroxyl groups is 2. The number of nitrogens with one attached hydrogen (secondary N) is 1. The molecule has 58 valence electrons. The Labute approximate surface area is 60.6 Å². The molecule has 0 spiro atoms. The van der Waals surface area contributed by atoms with Crippen molar-refractivity contribution in [2.75, 3.05) is 13.2 Å². The molecule has 5 heteroatoms. The first-order valence-electron chi connectivity index (χ1n) is 3.42. The smallest absolute Gasteiger partial charge is 0.140 e. The third kappa shape index (κ3) is 1.70. The summed E-state index contributed by atoms with van der Waals surface area (Å²) >= 11 is 0. The quantitative estimate of drug-likeness (QED) is 0.350. The van der Waals surface area contributed by atoms with Gasteiger partial charge in [-0.3, -0.25) is 5.32 Å². The second kappa shape index (κ2) is 3.34. The Hall–Kier alpha value is -0.0951. The molecule has 3 N–H and O–H groups in total. The number of hydrogen-bond acceptors (Lipinski definition) is 4. The largest absolute Gasteiger partial charge is 0.394 e. The van der Waals surface area contributed by atoms with Crippen molar-refractivity contribution >= 4 is 7.85 Å². The number of morpholine rings is 1. The van der Waals surface area contributed by atoms with Crippen LogP contribution in [0.1, 0.15) is 0 Å². The average Bonchev–Trinajstić information content (AvgIpc) is 1.94. The minimum Gasteiger partial charge on any atom is -0.394 e. The molecule has 0 aromatic heterocycles.